The van der Waals surface area contributed by atoms with Crippen molar-refractivity contribution in [2.45, 2.75) is 26.6 Å². The van der Waals surface area contributed by atoms with Crippen LogP contribution in [-0.2, 0) is 19.6 Å². The Morgan fingerprint density at radius 1 is 0.704 bits per heavy atom. The monoisotopic (exact) mass is 374 g/mol. The summed E-state index contributed by atoms with van der Waals surface area (Å²) in [6.45, 7) is 4.61. The largest absolute Gasteiger partial charge is 0.343 e. The third-order valence-electron chi connectivity index (χ3n) is 4.22. The second-order valence-electron chi connectivity index (χ2n) is 6.34. The lowest BCUT2D eigenvalue weighted by molar-refractivity contribution is 0.413. The number of aliphatic imine (C=N–C) groups is 1. The molecule has 0 amide bonds. The average molecular weight is 375 g/mol. The third kappa shape index (κ3) is 6.30. The summed E-state index contributed by atoms with van der Waals surface area (Å²) >= 11 is 1.82. The zero-order valence-electron chi connectivity index (χ0n) is 15.8. The summed E-state index contributed by atoms with van der Waals surface area (Å²) < 4.78 is 0. The van der Waals surface area contributed by atoms with E-state index in [1.165, 1.54) is 16.7 Å². The molecular weight excluding hydrogens is 348 g/mol. The van der Waals surface area contributed by atoms with Crippen molar-refractivity contribution in [1.82, 2.24) is 4.90 Å². The number of thioether (sulfide) groups is 1. The maximum atomic E-state index is 4.98. The zero-order chi connectivity index (χ0) is 18.7. The molecule has 138 valence electrons. The van der Waals surface area contributed by atoms with Crippen LogP contribution in [0, 0.1) is 0 Å². The van der Waals surface area contributed by atoms with E-state index in [0.29, 0.717) is 6.54 Å². The first kappa shape index (κ1) is 19.2. The highest BCUT2D eigenvalue weighted by molar-refractivity contribution is 8.13. The topological polar surface area (TPSA) is 15.6 Å². The average Bonchev–Trinajstić information content (AvgIpc) is 2.73. The van der Waals surface area contributed by atoms with Gasteiger partial charge in [0.25, 0.3) is 0 Å². The minimum Gasteiger partial charge on any atom is -0.343 e. The van der Waals surface area contributed by atoms with Crippen LogP contribution < -0.4 is 0 Å². The normalized spacial score (nSPS) is 11.4. The Morgan fingerprint density at radius 3 is 1.59 bits per heavy atom. The van der Waals surface area contributed by atoms with Crippen molar-refractivity contribution in [2.75, 3.05) is 5.75 Å². The number of nitrogens with zero attached hydrogens (tertiary/aromatic N) is 2. The van der Waals surface area contributed by atoms with Gasteiger partial charge in [0.05, 0.1) is 6.54 Å². The van der Waals surface area contributed by atoms with Gasteiger partial charge < -0.3 is 4.90 Å². The number of amidine groups is 1. The van der Waals surface area contributed by atoms with Gasteiger partial charge in [-0.15, -0.1) is 0 Å². The van der Waals surface area contributed by atoms with Gasteiger partial charge in [-0.1, -0.05) is 110 Å². The molecule has 0 unspecified atom stereocenters. The fourth-order valence-corrected chi connectivity index (χ4v) is 3.63. The van der Waals surface area contributed by atoms with Crippen molar-refractivity contribution in [3.05, 3.63) is 108 Å². The molecule has 0 aliphatic carbocycles. The van der Waals surface area contributed by atoms with Gasteiger partial charge in [-0.05, 0) is 22.4 Å². The molecule has 27 heavy (non-hydrogen) atoms. The molecule has 0 spiro atoms. The molecule has 3 aromatic rings. The Balaban J connectivity index is 1.84. The van der Waals surface area contributed by atoms with Crippen LogP contribution in [0.1, 0.15) is 23.6 Å². The van der Waals surface area contributed by atoms with E-state index in [1.807, 2.05) is 17.8 Å². The molecule has 3 rings (SSSR count). The highest BCUT2D eigenvalue weighted by Crippen LogP contribution is 2.18. The molecule has 0 aliphatic heterocycles. The molecule has 0 saturated carbocycles. The zero-order valence-corrected chi connectivity index (χ0v) is 16.6. The van der Waals surface area contributed by atoms with E-state index in [1.54, 1.807) is 0 Å². The molecule has 0 radical (unpaired) electrons. The summed E-state index contributed by atoms with van der Waals surface area (Å²) in [4.78, 5) is 7.37. The lowest BCUT2D eigenvalue weighted by atomic mass is 10.2. The maximum Gasteiger partial charge on any atom is 0.160 e. The summed E-state index contributed by atoms with van der Waals surface area (Å²) in [6, 6.07) is 31.7. The van der Waals surface area contributed by atoms with Crippen LogP contribution in [0.25, 0.3) is 0 Å². The smallest absolute Gasteiger partial charge is 0.160 e. The highest BCUT2D eigenvalue weighted by atomic mass is 32.2. The molecular formula is C24H26N2S. The third-order valence-corrected chi connectivity index (χ3v) is 5.15. The second kappa shape index (κ2) is 10.6. The van der Waals surface area contributed by atoms with Crippen molar-refractivity contribution in [3.8, 4) is 0 Å². The predicted molar refractivity (Wildman–Crippen MR) is 118 cm³/mol. The van der Waals surface area contributed by atoms with Crippen molar-refractivity contribution in [2.24, 2.45) is 4.99 Å². The highest BCUT2D eigenvalue weighted by Gasteiger charge is 2.13. The summed E-state index contributed by atoms with van der Waals surface area (Å²) in [7, 11) is 0. The van der Waals surface area contributed by atoms with Gasteiger partial charge in [-0.25, -0.2) is 0 Å². The Kier molecular flexibility index (Phi) is 7.55. The molecule has 0 fully saturated rings. The van der Waals surface area contributed by atoms with Gasteiger partial charge >= 0.3 is 0 Å². The maximum absolute atomic E-state index is 4.98. The van der Waals surface area contributed by atoms with E-state index in [0.717, 1.165) is 24.0 Å². The van der Waals surface area contributed by atoms with Gasteiger partial charge in [-0.2, -0.15) is 0 Å². The minimum absolute atomic E-state index is 0.712. The Labute approximate surface area is 167 Å². The van der Waals surface area contributed by atoms with Crippen LogP contribution in [0.4, 0.5) is 0 Å². The van der Waals surface area contributed by atoms with Gasteiger partial charge in [0.15, 0.2) is 5.17 Å². The van der Waals surface area contributed by atoms with Crippen LogP contribution >= 0.6 is 11.8 Å². The first-order valence-electron chi connectivity index (χ1n) is 9.39. The van der Waals surface area contributed by atoms with E-state index in [9.17, 15) is 0 Å². The van der Waals surface area contributed by atoms with Gasteiger partial charge in [0.2, 0.25) is 0 Å². The van der Waals surface area contributed by atoms with Crippen molar-refractivity contribution < 1.29 is 0 Å². The Bertz CT molecular complexity index is 775. The SMILES string of the molecule is CCSC(=NCc1ccccc1)N(Cc1ccccc1)Cc1ccccc1. The van der Waals surface area contributed by atoms with E-state index in [-0.39, 0.29) is 0 Å². The Morgan fingerprint density at radius 2 is 1.15 bits per heavy atom. The standard InChI is InChI=1S/C24H26N2S/c1-2-27-24(25-18-21-12-6-3-7-13-21)26(19-22-14-8-4-9-15-22)20-23-16-10-5-11-17-23/h3-17H,2,18-20H2,1H3. The summed E-state index contributed by atoms with van der Waals surface area (Å²) in [5.41, 5.74) is 3.85. The summed E-state index contributed by atoms with van der Waals surface area (Å²) in [6.07, 6.45) is 0. The van der Waals surface area contributed by atoms with Crippen LogP contribution in [0.2, 0.25) is 0 Å². The molecule has 3 heteroatoms. The molecule has 0 N–H and O–H groups in total. The second-order valence-corrected chi connectivity index (χ2v) is 7.58. The molecule has 3 aromatic carbocycles. The van der Waals surface area contributed by atoms with Crippen molar-refractivity contribution in [3.63, 3.8) is 0 Å². The number of rotatable bonds is 7. The number of hydrogen-bond donors (Lipinski definition) is 0. The molecule has 0 heterocycles. The quantitative estimate of drug-likeness (QED) is 0.372. The van der Waals surface area contributed by atoms with Crippen molar-refractivity contribution in [1.29, 1.82) is 0 Å². The molecule has 0 aliphatic rings. The lowest BCUT2D eigenvalue weighted by Crippen LogP contribution is -2.28. The van der Waals surface area contributed by atoms with E-state index in [2.05, 4.69) is 96.8 Å². The van der Waals surface area contributed by atoms with Crippen LogP contribution in [-0.4, -0.2) is 15.8 Å². The summed E-state index contributed by atoms with van der Waals surface area (Å²) in [5, 5.41) is 1.11. The van der Waals surface area contributed by atoms with E-state index >= 15 is 0 Å². The van der Waals surface area contributed by atoms with E-state index in [4.69, 9.17) is 4.99 Å². The van der Waals surface area contributed by atoms with Crippen LogP contribution in [0.15, 0.2) is 96.0 Å². The van der Waals surface area contributed by atoms with Gasteiger partial charge in [0, 0.05) is 13.1 Å². The molecule has 0 aromatic heterocycles. The first-order chi connectivity index (χ1) is 13.3. The fourth-order valence-electron chi connectivity index (χ4n) is 2.91. The molecule has 0 saturated heterocycles. The molecule has 2 nitrogen and oxygen atoms in total. The first-order valence-corrected chi connectivity index (χ1v) is 10.4. The Hall–Kier alpha value is -2.52. The number of benzene rings is 3. The summed E-state index contributed by atoms with van der Waals surface area (Å²) in [5.74, 6) is 1.01. The molecule has 0 bridgehead atoms. The van der Waals surface area contributed by atoms with Gasteiger partial charge in [-0.3, -0.25) is 4.99 Å². The van der Waals surface area contributed by atoms with Crippen LogP contribution in [0.3, 0.4) is 0 Å². The lowest BCUT2D eigenvalue weighted by Gasteiger charge is -2.26. The van der Waals surface area contributed by atoms with E-state index < -0.39 is 0 Å². The molecule has 0 atom stereocenters. The van der Waals surface area contributed by atoms with Crippen molar-refractivity contribution >= 4 is 16.9 Å². The predicted octanol–water partition coefficient (Wildman–Crippen LogP) is 6.00. The van der Waals surface area contributed by atoms with Crippen LogP contribution in [0.5, 0.6) is 0 Å². The minimum atomic E-state index is 0.712. The number of hydrogen-bond acceptors (Lipinski definition) is 2. The van der Waals surface area contributed by atoms with Gasteiger partial charge in [0.1, 0.15) is 0 Å². The fraction of sp³-hybridized carbons (Fsp3) is 0.208.